The summed E-state index contributed by atoms with van der Waals surface area (Å²) in [5.41, 5.74) is 1.51. The number of rotatable bonds is 6. The number of hydrogen-bond acceptors (Lipinski definition) is 3. The standard InChI is InChI=1S/C12H20N2O2S/c1-4-10(2)9-13-11-6-5-7-12(8-11)14-17(3,15)16/h5-8,10,13-14H,4,9H2,1-3H3. The van der Waals surface area contributed by atoms with E-state index < -0.39 is 10.0 Å². The van der Waals surface area contributed by atoms with Crippen LogP contribution >= 0.6 is 0 Å². The van der Waals surface area contributed by atoms with Gasteiger partial charge in [-0.05, 0) is 24.1 Å². The van der Waals surface area contributed by atoms with Crippen molar-refractivity contribution in [1.29, 1.82) is 0 Å². The first kappa shape index (κ1) is 13.8. The second-order valence-corrected chi connectivity index (χ2v) is 6.10. The lowest BCUT2D eigenvalue weighted by Gasteiger charge is -2.12. The van der Waals surface area contributed by atoms with Gasteiger partial charge in [-0.3, -0.25) is 4.72 Å². The van der Waals surface area contributed by atoms with Gasteiger partial charge in [-0.25, -0.2) is 8.42 Å². The minimum atomic E-state index is -3.21. The van der Waals surface area contributed by atoms with E-state index >= 15 is 0 Å². The van der Waals surface area contributed by atoms with Crippen molar-refractivity contribution >= 4 is 21.4 Å². The van der Waals surface area contributed by atoms with Crippen molar-refractivity contribution in [2.75, 3.05) is 22.8 Å². The topological polar surface area (TPSA) is 58.2 Å². The van der Waals surface area contributed by atoms with Crippen LogP contribution < -0.4 is 10.0 Å². The van der Waals surface area contributed by atoms with Gasteiger partial charge >= 0.3 is 0 Å². The average Bonchev–Trinajstić information content (AvgIpc) is 2.24. The third-order valence-electron chi connectivity index (χ3n) is 2.52. The van der Waals surface area contributed by atoms with Gasteiger partial charge in [-0.15, -0.1) is 0 Å². The molecule has 96 valence electrons. The van der Waals surface area contributed by atoms with Gasteiger partial charge in [0.15, 0.2) is 0 Å². The van der Waals surface area contributed by atoms with Crippen molar-refractivity contribution in [3.8, 4) is 0 Å². The Balaban J connectivity index is 2.66. The molecule has 5 heteroatoms. The average molecular weight is 256 g/mol. The molecule has 0 aliphatic rings. The Morgan fingerprint density at radius 1 is 1.29 bits per heavy atom. The number of anilines is 2. The van der Waals surface area contributed by atoms with Crippen LogP contribution in [0.25, 0.3) is 0 Å². The fraction of sp³-hybridized carbons (Fsp3) is 0.500. The molecule has 1 unspecified atom stereocenters. The molecular weight excluding hydrogens is 236 g/mol. The lowest BCUT2D eigenvalue weighted by molar-refractivity contribution is 0.593. The molecule has 0 aromatic heterocycles. The Labute approximate surface area is 103 Å². The summed E-state index contributed by atoms with van der Waals surface area (Å²) in [6.45, 7) is 5.21. The maximum atomic E-state index is 11.1. The van der Waals surface area contributed by atoms with E-state index in [4.69, 9.17) is 0 Å². The summed E-state index contributed by atoms with van der Waals surface area (Å²) in [6.07, 6.45) is 2.26. The quantitative estimate of drug-likeness (QED) is 0.822. The molecule has 0 aliphatic heterocycles. The zero-order valence-electron chi connectivity index (χ0n) is 10.5. The van der Waals surface area contributed by atoms with Gasteiger partial charge < -0.3 is 5.32 Å². The van der Waals surface area contributed by atoms with Gasteiger partial charge in [0, 0.05) is 12.2 Å². The SMILES string of the molecule is CCC(C)CNc1cccc(NS(C)(=O)=O)c1. The fourth-order valence-electron chi connectivity index (χ4n) is 1.34. The maximum Gasteiger partial charge on any atom is 0.229 e. The Morgan fingerprint density at radius 2 is 1.94 bits per heavy atom. The van der Waals surface area contributed by atoms with Gasteiger partial charge in [0.1, 0.15) is 0 Å². The highest BCUT2D eigenvalue weighted by atomic mass is 32.2. The number of benzene rings is 1. The summed E-state index contributed by atoms with van der Waals surface area (Å²) in [6, 6.07) is 7.28. The van der Waals surface area contributed by atoms with Crippen molar-refractivity contribution in [2.45, 2.75) is 20.3 Å². The molecule has 1 atom stereocenters. The Hall–Kier alpha value is -1.23. The highest BCUT2D eigenvalue weighted by Crippen LogP contribution is 2.16. The smallest absolute Gasteiger partial charge is 0.229 e. The number of sulfonamides is 1. The third kappa shape index (κ3) is 5.58. The van der Waals surface area contributed by atoms with Gasteiger partial charge in [-0.2, -0.15) is 0 Å². The lowest BCUT2D eigenvalue weighted by atomic mass is 10.1. The molecule has 0 spiro atoms. The molecule has 0 heterocycles. The number of hydrogen-bond donors (Lipinski definition) is 2. The van der Waals surface area contributed by atoms with Crippen LogP contribution in [-0.4, -0.2) is 21.2 Å². The van der Waals surface area contributed by atoms with E-state index in [0.717, 1.165) is 24.9 Å². The van der Waals surface area contributed by atoms with Crippen LogP contribution in [0.1, 0.15) is 20.3 Å². The first-order valence-corrected chi connectivity index (χ1v) is 7.61. The minimum Gasteiger partial charge on any atom is -0.385 e. The van der Waals surface area contributed by atoms with E-state index in [9.17, 15) is 8.42 Å². The summed E-state index contributed by atoms with van der Waals surface area (Å²) in [4.78, 5) is 0. The lowest BCUT2D eigenvalue weighted by Crippen LogP contribution is -2.12. The van der Waals surface area contributed by atoms with Crippen LogP contribution in [0, 0.1) is 5.92 Å². The summed E-state index contributed by atoms with van der Waals surface area (Å²) in [7, 11) is -3.21. The molecule has 0 fully saturated rings. The second-order valence-electron chi connectivity index (χ2n) is 4.35. The largest absolute Gasteiger partial charge is 0.385 e. The van der Waals surface area contributed by atoms with E-state index in [1.165, 1.54) is 0 Å². The summed E-state index contributed by atoms with van der Waals surface area (Å²) >= 11 is 0. The van der Waals surface area contributed by atoms with Crippen LogP contribution in [0.3, 0.4) is 0 Å². The van der Waals surface area contributed by atoms with Crippen LogP contribution in [0.15, 0.2) is 24.3 Å². The first-order chi connectivity index (χ1) is 7.90. The van der Waals surface area contributed by atoms with Crippen LogP contribution in [0.2, 0.25) is 0 Å². The van der Waals surface area contributed by atoms with Crippen LogP contribution in [-0.2, 0) is 10.0 Å². The molecule has 0 saturated heterocycles. The zero-order chi connectivity index (χ0) is 12.9. The molecule has 17 heavy (non-hydrogen) atoms. The molecular formula is C12H20N2O2S. The Kier molecular flexibility index (Phi) is 4.81. The summed E-state index contributed by atoms with van der Waals surface area (Å²) in [5.74, 6) is 0.599. The third-order valence-corrected chi connectivity index (χ3v) is 3.12. The minimum absolute atomic E-state index is 0.585. The molecule has 4 nitrogen and oxygen atoms in total. The molecule has 0 aliphatic carbocycles. The Morgan fingerprint density at radius 3 is 2.53 bits per heavy atom. The van der Waals surface area contributed by atoms with Crippen molar-refractivity contribution < 1.29 is 8.42 Å². The molecule has 2 N–H and O–H groups in total. The number of nitrogens with one attached hydrogen (secondary N) is 2. The van der Waals surface area contributed by atoms with Gasteiger partial charge in [0.05, 0.1) is 11.9 Å². The van der Waals surface area contributed by atoms with E-state index in [2.05, 4.69) is 23.9 Å². The van der Waals surface area contributed by atoms with Crippen molar-refractivity contribution in [1.82, 2.24) is 0 Å². The van der Waals surface area contributed by atoms with E-state index in [1.807, 2.05) is 12.1 Å². The predicted octanol–water partition coefficient (Wildman–Crippen LogP) is 2.52. The molecule has 1 aromatic carbocycles. The molecule has 0 radical (unpaired) electrons. The Bertz CT molecular complexity index is 457. The fourth-order valence-corrected chi connectivity index (χ4v) is 1.90. The predicted molar refractivity (Wildman–Crippen MR) is 72.9 cm³/mol. The van der Waals surface area contributed by atoms with E-state index in [0.29, 0.717) is 11.6 Å². The normalized spacial score (nSPS) is 13.1. The first-order valence-electron chi connectivity index (χ1n) is 5.72. The molecule has 0 amide bonds. The van der Waals surface area contributed by atoms with Gasteiger partial charge in [-0.1, -0.05) is 26.3 Å². The summed E-state index contributed by atoms with van der Waals surface area (Å²) < 4.78 is 24.6. The zero-order valence-corrected chi connectivity index (χ0v) is 11.3. The molecule has 0 saturated carbocycles. The van der Waals surface area contributed by atoms with Crippen molar-refractivity contribution in [3.63, 3.8) is 0 Å². The monoisotopic (exact) mass is 256 g/mol. The van der Waals surface area contributed by atoms with E-state index in [-0.39, 0.29) is 0 Å². The van der Waals surface area contributed by atoms with Crippen LogP contribution in [0.5, 0.6) is 0 Å². The summed E-state index contributed by atoms with van der Waals surface area (Å²) in [5, 5.41) is 3.29. The highest BCUT2D eigenvalue weighted by Gasteiger charge is 2.03. The van der Waals surface area contributed by atoms with E-state index in [1.54, 1.807) is 12.1 Å². The highest BCUT2D eigenvalue weighted by molar-refractivity contribution is 7.92. The van der Waals surface area contributed by atoms with Gasteiger partial charge in [0.25, 0.3) is 0 Å². The molecule has 0 bridgehead atoms. The van der Waals surface area contributed by atoms with Crippen molar-refractivity contribution in [2.24, 2.45) is 5.92 Å². The molecule has 1 rings (SSSR count). The van der Waals surface area contributed by atoms with Crippen LogP contribution in [0.4, 0.5) is 11.4 Å². The van der Waals surface area contributed by atoms with Crippen molar-refractivity contribution in [3.05, 3.63) is 24.3 Å². The van der Waals surface area contributed by atoms with Gasteiger partial charge in [0.2, 0.25) is 10.0 Å². The molecule has 1 aromatic rings. The maximum absolute atomic E-state index is 11.1. The second kappa shape index (κ2) is 5.91.